The SMILES string of the molecule is CC(C)(C)[C@@H](C(=O)N1C[C@H](O[n+]2cccnc2N2CCN(CC3(NC(=O)[C@@H]4C[C@@H](O)CN4C(=O)[C@@H](n4cc(C5CC5)nn4)C(C)(C)C)CC3)CC2)C[C@H]1C(=O)NCCSc1ncc(C(F)(F)F)cc1Cl)n1cc(C2CC2)nn1. The lowest BCUT2D eigenvalue weighted by atomic mass is 9.85. The molecular weight excluding hydrogens is 1060 g/mol. The summed E-state index contributed by atoms with van der Waals surface area (Å²) < 4.78 is 44.5. The number of halogens is 4. The molecule has 0 spiro atoms. The van der Waals surface area contributed by atoms with Gasteiger partial charge < -0.3 is 30.4 Å². The number of nitrogens with zero attached hydrogens (tertiary/aromatic N) is 13. The van der Waals surface area contributed by atoms with Gasteiger partial charge in [-0.2, -0.15) is 13.2 Å². The molecule has 3 N–H and O–H groups in total. The minimum Gasteiger partial charge on any atom is -0.391 e. The zero-order chi connectivity index (χ0) is 55.5. The first-order valence-electron chi connectivity index (χ1n) is 27.0. The van der Waals surface area contributed by atoms with Gasteiger partial charge in [0.1, 0.15) is 41.6 Å². The molecule has 7 heterocycles. The number of rotatable bonds is 18. The summed E-state index contributed by atoms with van der Waals surface area (Å²) in [6.45, 7) is 15.1. The van der Waals surface area contributed by atoms with Crippen molar-refractivity contribution in [2.45, 2.75) is 158 Å². The van der Waals surface area contributed by atoms with Gasteiger partial charge in [-0.25, -0.2) is 14.3 Å². The Labute approximate surface area is 460 Å². The number of alkyl halides is 3. The fourth-order valence-corrected chi connectivity index (χ4v) is 12.1. The van der Waals surface area contributed by atoms with Crippen molar-refractivity contribution in [1.29, 1.82) is 0 Å². The molecule has 422 valence electrons. The van der Waals surface area contributed by atoms with Crippen LogP contribution in [0.3, 0.4) is 0 Å². The molecule has 3 aliphatic carbocycles. The lowest BCUT2D eigenvalue weighted by Gasteiger charge is -2.36. The number of pyridine rings is 1. The number of hydrogen-bond acceptors (Lipinski definition) is 15. The predicted molar refractivity (Wildman–Crippen MR) is 279 cm³/mol. The van der Waals surface area contributed by atoms with Gasteiger partial charge in [0.2, 0.25) is 23.6 Å². The van der Waals surface area contributed by atoms with Crippen LogP contribution in [-0.4, -0.2) is 171 Å². The molecule has 3 saturated heterocycles. The first-order valence-corrected chi connectivity index (χ1v) is 28.4. The number of thioether (sulfide) groups is 1. The molecule has 0 aromatic carbocycles. The number of carbonyl (C=O) groups is 4. The van der Waals surface area contributed by atoms with Crippen molar-refractivity contribution in [2.24, 2.45) is 10.8 Å². The van der Waals surface area contributed by atoms with E-state index in [1.54, 1.807) is 37.5 Å². The quantitative estimate of drug-likeness (QED) is 0.0728. The molecule has 6 atom stereocenters. The number of anilines is 1. The second-order valence-electron chi connectivity index (χ2n) is 24.1. The standard InChI is InChI=1S/C52H69ClF3N15O6S/c1-49(2,3)41(69-28-37(61-63-69)31-8-9-31)46(75)67-26-34(72)23-39(67)44(74)60-51(12-13-51)30-65-17-19-66(20-18-65)48-58-14-7-16-71(48)77-35-24-40(43(73)57-15-21-78-45-36(53)22-33(25-59-45)52(54,55)56)68(27-35)47(76)42(50(4,5)6)70-29-38(62-64-70)32-10-11-32/h7,14,16,22,25,28-29,31-32,34-35,39-42,72H,8-13,15,17-21,23-24,26-27,30H2,1-6H3,(H-,57,60,73,74)/p+1/t34-,35-,39+,40+,41-,42-/m1/s1. The van der Waals surface area contributed by atoms with Crippen LogP contribution in [0.2, 0.25) is 5.02 Å². The van der Waals surface area contributed by atoms with Crippen LogP contribution in [0.4, 0.5) is 19.1 Å². The molecule has 6 aliphatic rings. The van der Waals surface area contributed by atoms with Crippen LogP contribution in [0.1, 0.15) is 134 Å². The van der Waals surface area contributed by atoms with Crippen molar-refractivity contribution >= 4 is 52.9 Å². The van der Waals surface area contributed by atoms with E-state index in [1.165, 1.54) is 4.90 Å². The van der Waals surface area contributed by atoms with E-state index >= 15 is 0 Å². The van der Waals surface area contributed by atoms with Crippen molar-refractivity contribution < 1.29 is 47.0 Å². The normalized spacial score (nSPS) is 23.6. The lowest BCUT2D eigenvalue weighted by molar-refractivity contribution is -0.890. The predicted octanol–water partition coefficient (Wildman–Crippen LogP) is 3.99. The fourth-order valence-electron chi connectivity index (χ4n) is 11.0. The Morgan fingerprint density at radius 2 is 1.44 bits per heavy atom. The van der Waals surface area contributed by atoms with Crippen LogP contribution < -0.4 is 25.1 Å². The third-order valence-corrected chi connectivity index (χ3v) is 17.0. The van der Waals surface area contributed by atoms with Crippen molar-refractivity contribution in [3.05, 3.63) is 65.1 Å². The minimum atomic E-state index is -4.59. The largest absolute Gasteiger partial charge is 0.430 e. The van der Waals surface area contributed by atoms with Crippen LogP contribution in [0.15, 0.2) is 48.1 Å². The van der Waals surface area contributed by atoms with Crippen LogP contribution in [0.25, 0.3) is 0 Å². The van der Waals surface area contributed by atoms with Gasteiger partial charge in [0.25, 0.3) is 0 Å². The molecule has 0 bridgehead atoms. The topological polar surface area (TPSA) is 226 Å². The van der Waals surface area contributed by atoms with Crippen LogP contribution in [-0.2, 0) is 25.4 Å². The van der Waals surface area contributed by atoms with Gasteiger partial charge in [0.05, 0.1) is 53.3 Å². The average Bonchev–Trinajstić information content (AvgIpc) is 4.39. The van der Waals surface area contributed by atoms with Gasteiger partial charge in [-0.05, 0) is 55.4 Å². The highest BCUT2D eigenvalue weighted by atomic mass is 35.5. The molecule has 26 heteroatoms. The number of aliphatic hydroxyl groups is 1. The van der Waals surface area contributed by atoms with Crippen molar-refractivity contribution in [2.75, 3.05) is 63.0 Å². The number of hydrogen-bond donors (Lipinski definition) is 3. The zero-order valence-corrected chi connectivity index (χ0v) is 46.5. The molecule has 4 aromatic heterocycles. The molecule has 78 heavy (non-hydrogen) atoms. The zero-order valence-electron chi connectivity index (χ0n) is 44.9. The summed E-state index contributed by atoms with van der Waals surface area (Å²) in [6.07, 6.45) is 7.75. The number of carbonyl (C=O) groups excluding carboxylic acids is 4. The summed E-state index contributed by atoms with van der Waals surface area (Å²) in [4.78, 5) is 80.5. The summed E-state index contributed by atoms with van der Waals surface area (Å²) in [5.41, 5.74) is -0.901. The highest BCUT2D eigenvalue weighted by molar-refractivity contribution is 7.99. The number of aliphatic hydroxyl groups excluding tert-OH is 1. The van der Waals surface area contributed by atoms with Gasteiger partial charge in [-0.15, -0.1) is 22.0 Å². The van der Waals surface area contributed by atoms with E-state index in [-0.39, 0.29) is 66.0 Å². The minimum absolute atomic E-state index is 0.0584. The molecular formula is C52H70ClF3N15O6S+. The smallest absolute Gasteiger partial charge is 0.391 e. The van der Waals surface area contributed by atoms with E-state index in [1.807, 2.05) is 53.9 Å². The Morgan fingerprint density at radius 3 is 1.99 bits per heavy atom. The second kappa shape index (κ2) is 21.8. The third-order valence-electron chi connectivity index (χ3n) is 15.6. The third kappa shape index (κ3) is 12.5. The van der Waals surface area contributed by atoms with Gasteiger partial charge >= 0.3 is 12.1 Å². The summed E-state index contributed by atoms with van der Waals surface area (Å²) in [6, 6.07) is -0.716. The number of likely N-dealkylation sites (tertiary alicyclic amines) is 2. The van der Waals surface area contributed by atoms with Crippen molar-refractivity contribution in [3.8, 4) is 0 Å². The van der Waals surface area contributed by atoms with Crippen LogP contribution in [0, 0.1) is 10.8 Å². The average molecular weight is 1130 g/mol. The molecule has 4 amide bonds. The molecule has 6 fully saturated rings. The fraction of sp³-hybridized carbons (Fsp3) is 0.673. The van der Waals surface area contributed by atoms with Gasteiger partial charge in [0.15, 0.2) is 6.10 Å². The maximum atomic E-state index is 14.9. The molecule has 3 aliphatic heterocycles. The van der Waals surface area contributed by atoms with Gasteiger partial charge in [-0.1, -0.05) is 73.3 Å². The van der Waals surface area contributed by atoms with E-state index in [0.29, 0.717) is 50.5 Å². The summed E-state index contributed by atoms with van der Waals surface area (Å²) in [7, 11) is 0. The highest BCUT2D eigenvalue weighted by Gasteiger charge is 2.52. The monoisotopic (exact) mass is 1120 g/mol. The Bertz CT molecular complexity index is 2860. The molecule has 0 unspecified atom stereocenters. The maximum Gasteiger partial charge on any atom is 0.430 e. The number of β-amino-alcohol motifs (C(OH)–C–C–N with tert-alkyl or cyclic N) is 1. The summed E-state index contributed by atoms with van der Waals surface area (Å²) in [5, 5.41) is 34.7. The van der Waals surface area contributed by atoms with Gasteiger partial charge in [-0.3, -0.25) is 29.0 Å². The van der Waals surface area contributed by atoms with Crippen LogP contribution >= 0.6 is 23.4 Å². The van der Waals surface area contributed by atoms with E-state index in [0.717, 1.165) is 73.9 Å². The van der Waals surface area contributed by atoms with Crippen molar-refractivity contribution in [3.63, 3.8) is 0 Å². The van der Waals surface area contributed by atoms with Crippen molar-refractivity contribution in [1.82, 2.24) is 65.3 Å². The molecule has 4 aromatic rings. The lowest BCUT2D eigenvalue weighted by Crippen LogP contribution is -2.58. The molecule has 0 radical (unpaired) electrons. The Hall–Kier alpha value is -5.66. The molecule has 21 nitrogen and oxygen atoms in total. The summed E-state index contributed by atoms with van der Waals surface area (Å²) in [5.74, 6) is 0.185. The Kier molecular flexibility index (Phi) is 15.5. The van der Waals surface area contributed by atoms with Gasteiger partial charge in [0, 0.05) is 87.8 Å². The number of nitrogens with one attached hydrogen (secondary N) is 2. The first kappa shape index (κ1) is 55.6. The van der Waals surface area contributed by atoms with E-state index in [2.05, 4.69) is 46.0 Å². The number of amides is 4. The highest BCUT2D eigenvalue weighted by Crippen LogP contribution is 2.43. The molecule has 10 rings (SSSR count). The number of aromatic nitrogens is 9. The Morgan fingerprint density at radius 1 is 0.846 bits per heavy atom. The Balaban J connectivity index is 0.776. The summed E-state index contributed by atoms with van der Waals surface area (Å²) >= 11 is 7.25. The number of piperazine rings is 1. The second-order valence-corrected chi connectivity index (χ2v) is 25.6. The molecule has 3 saturated carbocycles. The first-order chi connectivity index (χ1) is 36.9. The van der Waals surface area contributed by atoms with E-state index in [9.17, 15) is 37.5 Å². The van der Waals surface area contributed by atoms with Crippen LogP contribution in [0.5, 0.6) is 0 Å². The van der Waals surface area contributed by atoms with E-state index < -0.39 is 70.4 Å². The maximum absolute atomic E-state index is 14.9. The van der Waals surface area contributed by atoms with E-state index in [4.69, 9.17) is 21.4 Å².